The lowest BCUT2D eigenvalue weighted by Gasteiger charge is -2.33. The highest BCUT2D eigenvalue weighted by Gasteiger charge is 2.32. The highest BCUT2D eigenvalue weighted by molar-refractivity contribution is 7.89. The molecule has 0 radical (unpaired) electrons. The van der Waals surface area contributed by atoms with Crippen LogP contribution in [0, 0.1) is 11.6 Å². The monoisotopic (exact) mass is 942 g/mol. The summed E-state index contributed by atoms with van der Waals surface area (Å²) in [6.45, 7) is 3.31. The molecule has 20 heteroatoms. The van der Waals surface area contributed by atoms with Crippen molar-refractivity contribution in [1.29, 1.82) is 0 Å². The van der Waals surface area contributed by atoms with Gasteiger partial charge in [0.15, 0.2) is 10.3 Å². The van der Waals surface area contributed by atoms with Crippen LogP contribution < -0.4 is 9.80 Å². The molecule has 0 saturated carbocycles. The van der Waals surface area contributed by atoms with Crippen LogP contribution in [0.1, 0.15) is 0 Å². The summed E-state index contributed by atoms with van der Waals surface area (Å²) >= 11 is 27.2. The quantitative estimate of drug-likeness (QED) is 0.149. The van der Waals surface area contributed by atoms with Crippen molar-refractivity contribution in [2.24, 2.45) is 0 Å². The zero-order valence-electron chi connectivity index (χ0n) is 30.1. The van der Waals surface area contributed by atoms with Gasteiger partial charge in [0.1, 0.15) is 21.4 Å². The van der Waals surface area contributed by atoms with Crippen molar-refractivity contribution < 1.29 is 25.6 Å². The van der Waals surface area contributed by atoms with Gasteiger partial charge in [0.25, 0.3) is 0 Å². The molecule has 0 N–H and O–H groups in total. The van der Waals surface area contributed by atoms with Crippen LogP contribution in [0.5, 0.6) is 0 Å². The molecular weight excluding hydrogens is 913 g/mol. The van der Waals surface area contributed by atoms with Crippen LogP contribution >= 0.6 is 69.1 Å². The maximum absolute atomic E-state index is 13.5. The van der Waals surface area contributed by atoms with Gasteiger partial charge in [0, 0.05) is 90.4 Å². The second-order valence-corrected chi connectivity index (χ2v) is 20.2. The van der Waals surface area contributed by atoms with Gasteiger partial charge in [-0.3, -0.25) is 0 Å². The third-order valence-electron chi connectivity index (χ3n) is 9.23. The van der Waals surface area contributed by atoms with Gasteiger partial charge in [-0.25, -0.2) is 35.6 Å². The van der Waals surface area contributed by atoms with Crippen LogP contribution in [0.25, 0.3) is 22.5 Å². The van der Waals surface area contributed by atoms with E-state index in [0.717, 1.165) is 22.5 Å². The molecule has 0 amide bonds. The number of piperazine rings is 2. The molecule has 2 aliphatic rings. The van der Waals surface area contributed by atoms with E-state index in [9.17, 15) is 25.6 Å². The molecule has 2 aliphatic heterocycles. The van der Waals surface area contributed by atoms with Gasteiger partial charge in [0.2, 0.25) is 20.0 Å². The number of hydrogen-bond acceptors (Lipinski definition) is 10. The van der Waals surface area contributed by atoms with Gasteiger partial charge in [0.05, 0.1) is 21.4 Å². The Hall–Kier alpha value is -3.42. The summed E-state index contributed by atoms with van der Waals surface area (Å²) in [6.07, 6.45) is 0. The fourth-order valence-corrected chi connectivity index (χ4v) is 12.4. The van der Waals surface area contributed by atoms with Gasteiger partial charge in [-0.05, 0) is 54.6 Å². The van der Waals surface area contributed by atoms with Crippen LogP contribution in [0.2, 0.25) is 20.1 Å². The SMILES string of the molecule is O=S(=O)(c1ccccc1Cl)N1CCN(c2nc(-c3cc(Cl)cc(Cl)c3)cs2)CC1.O=S(=O)(c1ccccc1Cl)N1CCN(c2nc(-c3cc(F)cc(F)c3)cs2)CC1. The third-order valence-corrected chi connectivity index (χ3v) is 16.3. The van der Waals surface area contributed by atoms with Crippen LogP contribution in [0.15, 0.2) is 105 Å². The highest BCUT2D eigenvalue weighted by Crippen LogP contribution is 2.34. The van der Waals surface area contributed by atoms with Crippen molar-refractivity contribution >= 4 is 99.4 Å². The number of benzene rings is 4. The van der Waals surface area contributed by atoms with E-state index in [0.29, 0.717) is 65.7 Å². The average molecular weight is 945 g/mol. The molecule has 0 unspecified atom stereocenters. The van der Waals surface area contributed by atoms with Crippen LogP contribution in [0.3, 0.4) is 0 Å². The zero-order chi connectivity index (χ0) is 41.2. The van der Waals surface area contributed by atoms with E-state index in [1.165, 1.54) is 55.5 Å². The maximum Gasteiger partial charge on any atom is 0.244 e. The van der Waals surface area contributed by atoms with Crippen molar-refractivity contribution in [2.45, 2.75) is 9.79 Å². The van der Waals surface area contributed by atoms with Gasteiger partial charge >= 0.3 is 0 Å². The summed E-state index contributed by atoms with van der Waals surface area (Å²) in [5.74, 6) is -1.32. The van der Waals surface area contributed by atoms with Gasteiger partial charge in [-0.2, -0.15) is 8.61 Å². The molecule has 10 nitrogen and oxygen atoms in total. The molecule has 0 spiro atoms. The summed E-state index contributed by atoms with van der Waals surface area (Å²) in [5, 5.41) is 6.74. The van der Waals surface area contributed by atoms with E-state index < -0.39 is 31.7 Å². The minimum absolute atomic E-state index is 0.0970. The van der Waals surface area contributed by atoms with Crippen LogP contribution in [-0.4, -0.2) is 87.8 Å². The van der Waals surface area contributed by atoms with Crippen molar-refractivity contribution in [1.82, 2.24) is 18.6 Å². The van der Waals surface area contributed by atoms with Crippen molar-refractivity contribution in [3.8, 4) is 22.5 Å². The van der Waals surface area contributed by atoms with E-state index in [4.69, 9.17) is 46.4 Å². The lowest BCUT2D eigenvalue weighted by Crippen LogP contribution is -2.48. The number of hydrogen-bond donors (Lipinski definition) is 0. The normalized spacial score (nSPS) is 15.6. The molecule has 2 fully saturated rings. The Balaban J connectivity index is 0.000000177. The number of sulfonamides is 2. The molecule has 4 aromatic carbocycles. The second-order valence-electron chi connectivity index (χ2n) is 13.0. The van der Waals surface area contributed by atoms with E-state index in [2.05, 4.69) is 14.9 Å². The Bertz CT molecular complexity index is 2430. The zero-order valence-corrected chi connectivity index (χ0v) is 36.4. The number of anilines is 2. The largest absolute Gasteiger partial charge is 0.345 e. The Kier molecular flexibility index (Phi) is 13.3. The van der Waals surface area contributed by atoms with E-state index in [-0.39, 0.29) is 32.9 Å². The van der Waals surface area contributed by atoms with E-state index >= 15 is 0 Å². The first-order valence-corrected chi connectivity index (χ1v) is 23.7. The number of nitrogens with zero attached hydrogens (tertiary/aromatic N) is 6. The smallest absolute Gasteiger partial charge is 0.244 e. The minimum atomic E-state index is -3.67. The average Bonchev–Trinajstić information content (AvgIpc) is 3.90. The lowest BCUT2D eigenvalue weighted by atomic mass is 10.1. The predicted octanol–water partition coefficient (Wildman–Crippen LogP) is 9.53. The highest BCUT2D eigenvalue weighted by atomic mass is 35.5. The van der Waals surface area contributed by atoms with Crippen LogP contribution in [-0.2, 0) is 20.0 Å². The molecule has 0 atom stereocenters. The van der Waals surface area contributed by atoms with Crippen LogP contribution in [0.4, 0.5) is 19.0 Å². The number of rotatable bonds is 8. The number of aromatic nitrogens is 2. The lowest BCUT2D eigenvalue weighted by molar-refractivity contribution is 0.384. The van der Waals surface area contributed by atoms with E-state index in [1.807, 2.05) is 22.4 Å². The number of halogens is 6. The predicted molar refractivity (Wildman–Crippen MR) is 230 cm³/mol. The molecule has 304 valence electrons. The maximum atomic E-state index is 13.5. The second kappa shape index (κ2) is 18.1. The Morgan fingerprint density at radius 2 is 0.897 bits per heavy atom. The Labute approximate surface area is 362 Å². The third kappa shape index (κ3) is 9.62. The molecule has 2 saturated heterocycles. The van der Waals surface area contributed by atoms with Gasteiger partial charge in [-0.15, -0.1) is 22.7 Å². The first-order chi connectivity index (χ1) is 27.7. The first-order valence-electron chi connectivity index (χ1n) is 17.5. The molecule has 6 aromatic rings. The summed E-state index contributed by atoms with van der Waals surface area (Å²) in [6, 6.07) is 21.5. The summed E-state index contributed by atoms with van der Waals surface area (Å²) in [5.41, 5.74) is 2.49. The summed E-state index contributed by atoms with van der Waals surface area (Å²) in [7, 11) is -7.29. The van der Waals surface area contributed by atoms with Crippen molar-refractivity contribution in [2.75, 3.05) is 62.2 Å². The van der Waals surface area contributed by atoms with E-state index in [1.54, 1.807) is 47.8 Å². The molecule has 0 bridgehead atoms. The van der Waals surface area contributed by atoms with Crippen molar-refractivity contribution in [3.63, 3.8) is 0 Å². The number of thiazole rings is 2. The molecule has 4 heterocycles. The molecule has 2 aromatic heterocycles. The molecule has 58 heavy (non-hydrogen) atoms. The Morgan fingerprint density at radius 1 is 0.517 bits per heavy atom. The molecule has 0 aliphatic carbocycles. The fraction of sp³-hybridized carbons (Fsp3) is 0.211. The Morgan fingerprint density at radius 3 is 1.29 bits per heavy atom. The minimum Gasteiger partial charge on any atom is -0.345 e. The fourth-order valence-electron chi connectivity index (χ4n) is 6.31. The molecule has 8 rings (SSSR count). The summed E-state index contributed by atoms with van der Waals surface area (Å²) in [4.78, 5) is 13.4. The van der Waals surface area contributed by atoms with Gasteiger partial charge < -0.3 is 9.80 Å². The molecular formula is C38H32Cl4F2N6O4S4. The topological polar surface area (TPSA) is 107 Å². The summed E-state index contributed by atoms with van der Waals surface area (Å²) < 4.78 is 81.2. The first kappa shape index (κ1) is 42.7. The standard InChI is InChI=1S/C19H16Cl3N3O2S2.C19H16ClF2N3O2S2/c20-14-9-13(10-15(21)11-14)17-12-28-19(23-17)24-5-7-25(8-6-24)29(26,27)18-4-2-1-3-16(18)22;20-16-3-1-2-4-18(16)29(26,27)25-7-5-24(6-8-25)19-23-17(12-28-19)13-9-14(21)11-15(22)10-13/h2*1-4,9-12H,5-8H2. The van der Waals surface area contributed by atoms with Gasteiger partial charge in [-0.1, -0.05) is 70.7 Å². The van der Waals surface area contributed by atoms with Crippen molar-refractivity contribution in [3.05, 3.63) is 127 Å².